The molecule has 2 heterocycles. The van der Waals surface area contributed by atoms with Gasteiger partial charge in [0.1, 0.15) is 16.2 Å². The van der Waals surface area contributed by atoms with Crippen LogP contribution in [0.1, 0.15) is 5.56 Å². The van der Waals surface area contributed by atoms with Crippen molar-refractivity contribution in [2.45, 2.75) is 6.92 Å². The molecule has 0 aliphatic rings. The van der Waals surface area contributed by atoms with Gasteiger partial charge in [-0.05, 0) is 46.6 Å². The lowest BCUT2D eigenvalue weighted by molar-refractivity contribution is 0.461. The number of aryl methyl sites for hydroxylation is 1. The van der Waals surface area contributed by atoms with Crippen LogP contribution < -0.4 is 4.74 Å². The van der Waals surface area contributed by atoms with Crippen LogP contribution in [-0.4, -0.2) is 14.4 Å². The minimum Gasteiger partial charge on any atom is -0.436 e. The summed E-state index contributed by atoms with van der Waals surface area (Å²) in [5, 5.41) is 0. The van der Waals surface area contributed by atoms with Crippen LogP contribution in [0.3, 0.4) is 0 Å². The summed E-state index contributed by atoms with van der Waals surface area (Å²) in [6.07, 6.45) is 5.24. The quantitative estimate of drug-likeness (QED) is 0.722. The Morgan fingerprint density at radius 2 is 2.21 bits per heavy atom. The minimum absolute atomic E-state index is 0.263. The first kappa shape index (κ1) is 12.1. The molecule has 0 aliphatic carbocycles. The van der Waals surface area contributed by atoms with E-state index < -0.39 is 0 Å². The van der Waals surface area contributed by atoms with Crippen LogP contribution in [0, 0.1) is 12.7 Å². The van der Waals surface area contributed by atoms with Gasteiger partial charge in [-0.1, -0.05) is 0 Å². The first-order valence-corrected chi connectivity index (χ1v) is 6.36. The van der Waals surface area contributed by atoms with Crippen LogP contribution in [-0.2, 0) is 0 Å². The van der Waals surface area contributed by atoms with E-state index in [-0.39, 0.29) is 5.82 Å². The van der Waals surface area contributed by atoms with Crippen LogP contribution in [0.5, 0.6) is 11.6 Å². The molecule has 0 saturated carbocycles. The molecular weight excluding hydrogens is 313 g/mol. The van der Waals surface area contributed by atoms with Gasteiger partial charge in [0.25, 0.3) is 5.88 Å². The van der Waals surface area contributed by atoms with Gasteiger partial charge in [-0.25, -0.2) is 14.4 Å². The van der Waals surface area contributed by atoms with E-state index >= 15 is 0 Å². The van der Waals surface area contributed by atoms with Crippen molar-refractivity contribution in [3.63, 3.8) is 0 Å². The molecule has 0 spiro atoms. The number of halogens is 2. The van der Waals surface area contributed by atoms with Crippen LogP contribution in [0.25, 0.3) is 5.65 Å². The number of aromatic nitrogens is 3. The van der Waals surface area contributed by atoms with Gasteiger partial charge >= 0.3 is 0 Å². The van der Waals surface area contributed by atoms with E-state index in [2.05, 4.69) is 25.9 Å². The summed E-state index contributed by atoms with van der Waals surface area (Å²) < 4.78 is 21.3. The number of ether oxygens (including phenoxy) is 1. The second-order valence-corrected chi connectivity index (χ2v) is 4.85. The van der Waals surface area contributed by atoms with Crippen molar-refractivity contribution < 1.29 is 9.13 Å². The number of nitrogens with zero attached hydrogens (tertiary/aromatic N) is 3. The topological polar surface area (TPSA) is 39.4 Å². The normalized spacial score (nSPS) is 10.9. The summed E-state index contributed by atoms with van der Waals surface area (Å²) in [5.41, 5.74) is 1.12. The maximum atomic E-state index is 13.2. The van der Waals surface area contributed by atoms with Crippen molar-refractivity contribution in [2.75, 3.05) is 0 Å². The fraction of sp³-hybridized carbons (Fsp3) is 0.0769. The molecule has 6 heteroatoms. The highest BCUT2D eigenvalue weighted by atomic mass is 79.9. The molecular formula is C13H9BrFN3O. The van der Waals surface area contributed by atoms with E-state index in [1.54, 1.807) is 42.0 Å². The molecule has 4 nitrogen and oxygen atoms in total. The molecule has 0 unspecified atom stereocenters. The Hall–Kier alpha value is -1.95. The fourth-order valence-corrected chi connectivity index (χ4v) is 2.12. The van der Waals surface area contributed by atoms with Crippen molar-refractivity contribution in [3.8, 4) is 11.6 Å². The maximum absolute atomic E-state index is 13.2. The molecule has 0 N–H and O–H groups in total. The minimum atomic E-state index is -0.263. The molecule has 96 valence electrons. The lowest BCUT2D eigenvalue weighted by Crippen LogP contribution is -1.95. The van der Waals surface area contributed by atoms with Crippen LogP contribution >= 0.6 is 15.9 Å². The summed E-state index contributed by atoms with van der Waals surface area (Å²) in [5.74, 6) is 0.625. The highest BCUT2D eigenvalue weighted by Gasteiger charge is 2.09. The van der Waals surface area contributed by atoms with Crippen molar-refractivity contribution >= 4 is 21.6 Å². The Kier molecular flexibility index (Phi) is 2.94. The van der Waals surface area contributed by atoms with Gasteiger partial charge in [-0.2, -0.15) is 0 Å². The van der Waals surface area contributed by atoms with E-state index in [4.69, 9.17) is 4.74 Å². The second-order valence-electron chi connectivity index (χ2n) is 4.04. The first-order chi connectivity index (χ1) is 9.13. The van der Waals surface area contributed by atoms with Gasteiger partial charge in [0, 0.05) is 18.6 Å². The number of hydrogen-bond donors (Lipinski definition) is 0. The summed E-state index contributed by atoms with van der Waals surface area (Å²) in [6, 6.07) is 4.55. The predicted octanol–water partition coefficient (Wildman–Crippen LogP) is 3.73. The standard InChI is InChI=1S/C13H9BrFN3O/c1-8-6-9(2-3-10(8)15)19-13-12-16-4-5-18(12)7-11(14)17-13/h2-7H,1H3. The van der Waals surface area contributed by atoms with Crippen molar-refractivity contribution in [3.05, 3.63) is 52.8 Å². The van der Waals surface area contributed by atoms with Crippen LogP contribution in [0.4, 0.5) is 4.39 Å². The highest BCUT2D eigenvalue weighted by molar-refractivity contribution is 9.10. The van der Waals surface area contributed by atoms with E-state index in [1.165, 1.54) is 6.07 Å². The zero-order chi connectivity index (χ0) is 13.4. The Morgan fingerprint density at radius 1 is 1.37 bits per heavy atom. The Labute approximate surface area is 117 Å². The SMILES string of the molecule is Cc1cc(Oc2nc(Br)cn3ccnc23)ccc1F. The van der Waals surface area contributed by atoms with Crippen molar-refractivity contribution in [2.24, 2.45) is 0 Å². The van der Waals surface area contributed by atoms with Gasteiger partial charge in [0.2, 0.25) is 5.65 Å². The summed E-state index contributed by atoms with van der Waals surface area (Å²) >= 11 is 3.31. The number of imidazole rings is 1. The molecule has 3 aromatic rings. The third-order valence-corrected chi connectivity index (χ3v) is 3.04. The monoisotopic (exact) mass is 321 g/mol. The Morgan fingerprint density at radius 3 is 3.00 bits per heavy atom. The summed E-state index contributed by atoms with van der Waals surface area (Å²) in [7, 11) is 0. The number of benzene rings is 1. The van der Waals surface area contributed by atoms with Crippen molar-refractivity contribution in [1.29, 1.82) is 0 Å². The van der Waals surface area contributed by atoms with Gasteiger partial charge < -0.3 is 4.74 Å². The first-order valence-electron chi connectivity index (χ1n) is 5.57. The highest BCUT2D eigenvalue weighted by Crippen LogP contribution is 2.26. The van der Waals surface area contributed by atoms with E-state index in [0.29, 0.717) is 27.4 Å². The molecule has 0 aliphatic heterocycles. The summed E-state index contributed by atoms with van der Waals surface area (Å²) in [4.78, 5) is 8.41. The second kappa shape index (κ2) is 4.62. The molecule has 2 aromatic heterocycles. The lowest BCUT2D eigenvalue weighted by atomic mass is 10.2. The smallest absolute Gasteiger partial charge is 0.264 e. The number of fused-ring (bicyclic) bond motifs is 1. The van der Waals surface area contributed by atoms with Crippen LogP contribution in [0.2, 0.25) is 0 Å². The lowest BCUT2D eigenvalue weighted by Gasteiger charge is -2.07. The molecule has 0 radical (unpaired) electrons. The maximum Gasteiger partial charge on any atom is 0.264 e. The van der Waals surface area contributed by atoms with Gasteiger partial charge in [0.05, 0.1) is 0 Å². The summed E-state index contributed by atoms with van der Waals surface area (Å²) in [6.45, 7) is 1.68. The van der Waals surface area contributed by atoms with Gasteiger partial charge in [-0.15, -0.1) is 0 Å². The third-order valence-electron chi connectivity index (χ3n) is 2.66. The molecule has 19 heavy (non-hydrogen) atoms. The third kappa shape index (κ3) is 2.31. The van der Waals surface area contributed by atoms with Crippen molar-refractivity contribution in [1.82, 2.24) is 14.4 Å². The Bertz CT molecular complexity index is 757. The average molecular weight is 322 g/mol. The van der Waals surface area contributed by atoms with E-state index in [0.717, 1.165) is 0 Å². The average Bonchev–Trinajstić information content (AvgIpc) is 2.82. The number of rotatable bonds is 2. The van der Waals surface area contributed by atoms with Gasteiger partial charge in [-0.3, -0.25) is 4.40 Å². The largest absolute Gasteiger partial charge is 0.436 e. The van der Waals surface area contributed by atoms with Crippen LogP contribution in [0.15, 0.2) is 41.4 Å². The zero-order valence-corrected chi connectivity index (χ0v) is 11.6. The van der Waals surface area contributed by atoms with Gasteiger partial charge in [0.15, 0.2) is 0 Å². The van der Waals surface area contributed by atoms with E-state index in [1.807, 2.05) is 0 Å². The fourth-order valence-electron chi connectivity index (χ4n) is 1.73. The molecule has 0 bridgehead atoms. The molecule has 0 saturated heterocycles. The molecule has 0 atom stereocenters. The number of hydrogen-bond acceptors (Lipinski definition) is 3. The molecule has 0 fully saturated rings. The zero-order valence-electron chi connectivity index (χ0n) is 9.97. The van der Waals surface area contributed by atoms with E-state index in [9.17, 15) is 4.39 Å². The molecule has 3 rings (SSSR count). The molecule has 1 aromatic carbocycles. The molecule has 0 amide bonds. The predicted molar refractivity (Wildman–Crippen MR) is 71.9 cm³/mol. The Balaban J connectivity index is 2.04.